The third-order valence-corrected chi connectivity index (χ3v) is 17.2. The lowest BCUT2D eigenvalue weighted by Crippen LogP contribution is -2.50. The van der Waals surface area contributed by atoms with Crippen molar-refractivity contribution in [3.05, 3.63) is 105 Å². The molecule has 5 heterocycles. The summed E-state index contributed by atoms with van der Waals surface area (Å²) in [6.07, 6.45) is 5.07. The van der Waals surface area contributed by atoms with Gasteiger partial charge in [0.25, 0.3) is 0 Å². The topological polar surface area (TPSA) is 185 Å². The number of nitrogens with zero attached hydrogens (tertiary/aromatic N) is 5. The van der Waals surface area contributed by atoms with Gasteiger partial charge in [0.1, 0.15) is 29.5 Å². The maximum absolute atomic E-state index is 16.5. The molecule has 1 aliphatic carbocycles. The van der Waals surface area contributed by atoms with Gasteiger partial charge in [0.05, 0.1) is 22.6 Å². The number of benzene rings is 4. The second-order valence-electron chi connectivity index (χ2n) is 21.3. The number of hydrogen-bond donors (Lipinski definition) is 4. The summed E-state index contributed by atoms with van der Waals surface area (Å²) >= 11 is 6.73. The zero-order valence-corrected chi connectivity index (χ0v) is 43.5. The molecular weight excluding hydrogens is 1010 g/mol. The van der Waals surface area contributed by atoms with Crippen LogP contribution in [0.1, 0.15) is 104 Å². The van der Waals surface area contributed by atoms with E-state index < -0.39 is 64.3 Å². The number of nitrogens with one attached hydrogen (secondary N) is 2. The van der Waals surface area contributed by atoms with Crippen molar-refractivity contribution in [3.8, 4) is 22.6 Å². The largest absolute Gasteiger partial charge is 0.488 e. The van der Waals surface area contributed by atoms with Crippen molar-refractivity contribution in [2.45, 2.75) is 88.7 Å². The zero-order valence-electron chi connectivity index (χ0n) is 42.8. The molecule has 0 bridgehead atoms. The number of aliphatic hydroxyl groups excluding tert-OH is 1. The highest BCUT2D eigenvalue weighted by Gasteiger charge is 2.51. The first-order valence-corrected chi connectivity index (χ1v) is 26.7. The number of anilines is 1. The van der Waals surface area contributed by atoms with Crippen LogP contribution >= 0.6 is 11.6 Å². The average molecular weight is 1070 g/mol. The zero-order chi connectivity index (χ0) is 53.7. The minimum absolute atomic E-state index is 0.00941. The van der Waals surface area contributed by atoms with Crippen molar-refractivity contribution in [2.75, 3.05) is 63.9 Å². The Balaban J connectivity index is 0.751. The predicted molar refractivity (Wildman–Crippen MR) is 277 cm³/mol. The first-order chi connectivity index (χ1) is 36.5. The summed E-state index contributed by atoms with van der Waals surface area (Å²) < 4.78 is 78.2. The number of aromatic nitrogens is 2. The van der Waals surface area contributed by atoms with E-state index in [1.165, 1.54) is 33.8 Å². The highest BCUT2D eigenvalue weighted by Crippen LogP contribution is 2.57. The van der Waals surface area contributed by atoms with Crippen molar-refractivity contribution in [1.29, 1.82) is 0 Å². The lowest BCUT2D eigenvalue weighted by Gasteiger charge is -2.41. The molecule has 4 aromatic carbocycles. The Morgan fingerprint density at radius 2 is 1.66 bits per heavy atom. The summed E-state index contributed by atoms with van der Waals surface area (Å²) in [5.74, 6) is -5.06. The number of rotatable bonds is 14. The first-order valence-electron chi connectivity index (χ1n) is 26.3. The van der Waals surface area contributed by atoms with Crippen LogP contribution in [0.4, 0.5) is 28.2 Å². The second-order valence-corrected chi connectivity index (χ2v) is 21.7. The number of urea groups is 1. The van der Waals surface area contributed by atoms with E-state index in [-0.39, 0.29) is 106 Å². The van der Waals surface area contributed by atoms with Crippen LogP contribution in [0.15, 0.2) is 54.6 Å². The number of nitrogens with two attached hydrogens (primary N) is 1. The van der Waals surface area contributed by atoms with E-state index >= 15 is 17.6 Å². The Labute approximate surface area is 443 Å². The van der Waals surface area contributed by atoms with Gasteiger partial charge >= 0.3 is 6.03 Å². The summed E-state index contributed by atoms with van der Waals surface area (Å²) in [5, 5.41) is 19.5. The van der Waals surface area contributed by atoms with Crippen LogP contribution < -0.4 is 30.7 Å². The fraction of sp³-hybridized carbons (Fsp3) is 0.482. The first kappa shape index (κ1) is 53.1. The summed E-state index contributed by atoms with van der Waals surface area (Å²) in [5.41, 5.74) is 5.32. The maximum atomic E-state index is 16.5. The number of likely N-dealkylation sites (tertiary alicyclic amines) is 2. The van der Waals surface area contributed by atoms with Crippen molar-refractivity contribution < 1.29 is 51.3 Å². The number of amides is 5. The third kappa shape index (κ3) is 9.76. The molecule has 5 N–H and O–H groups in total. The average Bonchev–Trinajstić information content (AvgIpc) is 3.96. The van der Waals surface area contributed by atoms with Gasteiger partial charge in [-0.25, -0.2) is 22.4 Å². The van der Waals surface area contributed by atoms with Gasteiger partial charge in [0, 0.05) is 92.4 Å². The molecule has 0 spiro atoms. The van der Waals surface area contributed by atoms with Crippen molar-refractivity contribution in [3.63, 3.8) is 0 Å². The maximum Gasteiger partial charge on any atom is 0.329 e. The Kier molecular flexibility index (Phi) is 15.1. The van der Waals surface area contributed by atoms with Crippen molar-refractivity contribution in [1.82, 2.24) is 30.2 Å². The molecule has 1 aromatic heterocycles. The highest BCUT2D eigenvalue weighted by molar-refractivity contribution is 6.34. The number of primary amides is 1. The molecule has 15 nitrogen and oxygen atoms in total. The number of fused-ring (bicyclic) bond motifs is 2. The molecule has 1 saturated carbocycles. The van der Waals surface area contributed by atoms with Crippen LogP contribution in [0.3, 0.4) is 0 Å². The fourth-order valence-corrected chi connectivity index (χ4v) is 13.0. The summed E-state index contributed by atoms with van der Waals surface area (Å²) in [6.45, 7) is 7.25. The molecule has 10 rings (SSSR count). The molecule has 3 saturated heterocycles. The van der Waals surface area contributed by atoms with E-state index in [1.807, 2.05) is 42.2 Å². The number of carbonyl (C=O) groups excluding carboxylic acids is 4. The molecule has 5 atom stereocenters. The van der Waals surface area contributed by atoms with Gasteiger partial charge in [-0.15, -0.1) is 0 Å². The highest BCUT2D eigenvalue weighted by atomic mass is 35.5. The van der Waals surface area contributed by atoms with Crippen LogP contribution in [-0.2, 0) is 22.2 Å². The van der Waals surface area contributed by atoms with Gasteiger partial charge in [-0.3, -0.25) is 29.3 Å². The summed E-state index contributed by atoms with van der Waals surface area (Å²) in [4.78, 5) is 56.9. The normalized spacial score (nSPS) is 23.7. The molecule has 404 valence electrons. The number of aryl methyl sites for hydroxylation is 1. The smallest absolute Gasteiger partial charge is 0.329 e. The monoisotopic (exact) mass is 1070 g/mol. The molecule has 20 heteroatoms. The molecule has 5 unspecified atom stereocenters. The Morgan fingerprint density at radius 3 is 2.34 bits per heavy atom. The SMILES string of the molecule is CC1CC(NCC2(c3ccccc3)Oc3cc(F)c(Cl)c(-c4c(C(N)=O)ccc(OCCO)c4F)c3C2C)CCC1C(=O)N1CCC(CN2CCC(c3c(F)cc4c(N5CCC(=O)NC5=O)nn(C)c4c3F)CC2)CC1. The molecule has 5 amide bonds. The minimum atomic E-state index is -1.14. The second kappa shape index (κ2) is 21.6. The molecule has 4 fully saturated rings. The number of carbonyl (C=O) groups is 4. The van der Waals surface area contributed by atoms with Crippen molar-refractivity contribution in [2.24, 2.45) is 30.5 Å². The van der Waals surface area contributed by atoms with Gasteiger partial charge in [-0.05, 0) is 99.6 Å². The standard InChI is InChI=1S/C56H63ClF4N8O7/c1-30-25-35(63-29-56(34-7-5-4-6-8-34)31(2)44-42(76-56)27-40(59)48(57)47(44)46-37(52(62)72)11-12-41(49(46)60)75-24-23-70)9-10-36(30)54(73)68-20-13-32(14-21-68)28-67-18-15-33(16-19-67)45-39(58)26-38-51(50(45)61)66(3)65-53(38)69-22-17-43(71)64-55(69)74/h4-8,11-12,26-27,30-33,35-36,63,70H,9-10,13-25,28-29H2,1-3H3,(H2,62,72)(H,64,71,74). The lowest BCUT2D eigenvalue weighted by atomic mass is 9.75. The van der Waals surface area contributed by atoms with Crippen LogP contribution in [0, 0.1) is 41.0 Å². The summed E-state index contributed by atoms with van der Waals surface area (Å²) in [7, 11) is 1.56. The van der Waals surface area contributed by atoms with E-state index in [9.17, 15) is 24.3 Å². The van der Waals surface area contributed by atoms with Gasteiger partial charge in [-0.2, -0.15) is 5.10 Å². The van der Waals surface area contributed by atoms with Gasteiger partial charge in [-0.1, -0.05) is 55.8 Å². The van der Waals surface area contributed by atoms with E-state index in [0.717, 1.165) is 37.8 Å². The van der Waals surface area contributed by atoms with Crippen LogP contribution in [-0.4, -0.2) is 114 Å². The van der Waals surface area contributed by atoms with E-state index in [4.69, 9.17) is 26.8 Å². The number of ether oxygens (including phenoxy) is 2. The number of piperidine rings is 2. The molecule has 5 aromatic rings. The van der Waals surface area contributed by atoms with Gasteiger partial charge < -0.3 is 35.4 Å². The Hall–Kier alpha value is -6.28. The predicted octanol–water partition coefficient (Wildman–Crippen LogP) is 8.27. The number of hydrogen-bond acceptors (Lipinski definition) is 10. The molecule has 76 heavy (non-hydrogen) atoms. The van der Waals surface area contributed by atoms with Gasteiger partial charge in [0.15, 0.2) is 28.8 Å². The van der Waals surface area contributed by atoms with Crippen LogP contribution in [0.2, 0.25) is 5.02 Å². The van der Waals surface area contributed by atoms with E-state index in [0.29, 0.717) is 56.9 Å². The molecular formula is C56H63ClF4N8O7. The van der Waals surface area contributed by atoms with Crippen LogP contribution in [0.5, 0.6) is 11.5 Å². The molecule has 4 aliphatic heterocycles. The number of imide groups is 1. The van der Waals surface area contributed by atoms with E-state index in [1.54, 1.807) is 7.05 Å². The Bertz CT molecular complexity index is 3080. The number of halogens is 5. The molecule has 0 radical (unpaired) electrons. The summed E-state index contributed by atoms with van der Waals surface area (Å²) in [6, 6.07) is 13.8. The fourth-order valence-electron chi connectivity index (χ4n) is 12.8. The molecule has 5 aliphatic rings. The Morgan fingerprint density at radius 1 is 0.921 bits per heavy atom. The minimum Gasteiger partial charge on any atom is -0.488 e. The number of aliphatic hydroxyl groups is 1. The third-order valence-electron chi connectivity index (χ3n) is 16.8. The van der Waals surface area contributed by atoms with Crippen LogP contribution in [0.25, 0.3) is 22.0 Å². The quantitative estimate of drug-likeness (QED) is 0.0790. The van der Waals surface area contributed by atoms with Gasteiger partial charge in [0.2, 0.25) is 17.7 Å². The van der Waals surface area contributed by atoms with Crippen molar-refractivity contribution >= 4 is 52.1 Å². The van der Waals surface area contributed by atoms with E-state index in [2.05, 4.69) is 27.6 Å². The lowest BCUT2D eigenvalue weighted by molar-refractivity contribution is -0.140.